The van der Waals surface area contributed by atoms with Gasteiger partial charge in [0.15, 0.2) is 6.61 Å². The SMILES string of the molecule is Cc1ccc(C)c(OCC(=O)NN=Cc2ccc(N(C)C)cc2)c1. The zero-order valence-electron chi connectivity index (χ0n) is 14.5. The molecule has 0 heterocycles. The van der Waals surface area contributed by atoms with Crippen molar-refractivity contribution in [1.29, 1.82) is 0 Å². The van der Waals surface area contributed by atoms with Crippen LogP contribution in [0.25, 0.3) is 0 Å². The molecule has 0 atom stereocenters. The minimum absolute atomic E-state index is 0.0683. The maximum atomic E-state index is 11.8. The maximum absolute atomic E-state index is 11.8. The number of ether oxygens (including phenoxy) is 1. The summed E-state index contributed by atoms with van der Waals surface area (Å²) in [5.41, 5.74) is 6.58. The Morgan fingerprint density at radius 3 is 2.54 bits per heavy atom. The zero-order chi connectivity index (χ0) is 17.5. The van der Waals surface area contributed by atoms with Gasteiger partial charge in [0.1, 0.15) is 5.75 Å². The highest BCUT2D eigenvalue weighted by atomic mass is 16.5. The molecule has 0 aliphatic heterocycles. The molecule has 0 radical (unpaired) electrons. The molecule has 0 spiro atoms. The molecule has 5 nitrogen and oxygen atoms in total. The number of aryl methyl sites for hydroxylation is 2. The Hall–Kier alpha value is -2.82. The molecule has 1 N–H and O–H groups in total. The molecule has 0 saturated heterocycles. The average molecular weight is 325 g/mol. The first-order chi connectivity index (χ1) is 11.5. The van der Waals surface area contributed by atoms with Crippen molar-refractivity contribution in [3.05, 3.63) is 59.2 Å². The summed E-state index contributed by atoms with van der Waals surface area (Å²) >= 11 is 0. The number of anilines is 1. The number of rotatable bonds is 6. The topological polar surface area (TPSA) is 53.9 Å². The van der Waals surface area contributed by atoms with Gasteiger partial charge < -0.3 is 9.64 Å². The molecule has 0 saturated carbocycles. The molecule has 0 fully saturated rings. The van der Waals surface area contributed by atoms with Crippen LogP contribution in [0.2, 0.25) is 0 Å². The van der Waals surface area contributed by atoms with Crippen molar-refractivity contribution in [1.82, 2.24) is 5.43 Å². The van der Waals surface area contributed by atoms with Crippen LogP contribution in [0, 0.1) is 13.8 Å². The van der Waals surface area contributed by atoms with E-state index in [1.165, 1.54) is 0 Å². The van der Waals surface area contributed by atoms with Crippen LogP contribution < -0.4 is 15.1 Å². The number of nitrogens with one attached hydrogen (secondary N) is 1. The molecule has 5 heteroatoms. The van der Waals surface area contributed by atoms with Crippen molar-refractivity contribution in [2.75, 3.05) is 25.6 Å². The molecule has 0 bridgehead atoms. The van der Waals surface area contributed by atoms with Crippen molar-refractivity contribution in [3.63, 3.8) is 0 Å². The molecule has 0 aliphatic carbocycles. The van der Waals surface area contributed by atoms with E-state index in [0.29, 0.717) is 5.75 Å². The molecule has 126 valence electrons. The fourth-order valence-electron chi connectivity index (χ4n) is 2.08. The first kappa shape index (κ1) is 17.5. The van der Waals surface area contributed by atoms with Gasteiger partial charge in [-0.1, -0.05) is 24.3 Å². The Kier molecular flexibility index (Phi) is 5.95. The summed E-state index contributed by atoms with van der Waals surface area (Å²) in [5, 5.41) is 3.95. The fraction of sp³-hybridized carbons (Fsp3) is 0.263. The van der Waals surface area contributed by atoms with Crippen molar-refractivity contribution in [3.8, 4) is 5.75 Å². The highest BCUT2D eigenvalue weighted by molar-refractivity contribution is 5.83. The van der Waals surface area contributed by atoms with Crippen molar-refractivity contribution in [2.24, 2.45) is 5.10 Å². The minimum Gasteiger partial charge on any atom is -0.483 e. The Morgan fingerprint density at radius 1 is 1.17 bits per heavy atom. The summed E-state index contributed by atoms with van der Waals surface area (Å²) < 4.78 is 5.53. The third kappa shape index (κ3) is 5.12. The Bertz CT molecular complexity index is 722. The van der Waals surface area contributed by atoms with E-state index in [1.807, 2.05) is 75.3 Å². The van der Waals surface area contributed by atoms with Crippen LogP contribution in [0.3, 0.4) is 0 Å². The van der Waals surface area contributed by atoms with Crippen LogP contribution in [0.1, 0.15) is 16.7 Å². The van der Waals surface area contributed by atoms with Crippen molar-refractivity contribution in [2.45, 2.75) is 13.8 Å². The van der Waals surface area contributed by atoms with Crippen LogP contribution in [0.4, 0.5) is 5.69 Å². The first-order valence-corrected chi connectivity index (χ1v) is 7.75. The van der Waals surface area contributed by atoms with Gasteiger partial charge in [0.2, 0.25) is 0 Å². The van der Waals surface area contributed by atoms with E-state index >= 15 is 0 Å². The normalized spacial score (nSPS) is 10.7. The lowest BCUT2D eigenvalue weighted by Crippen LogP contribution is -2.24. The summed E-state index contributed by atoms with van der Waals surface area (Å²) in [5.74, 6) is 0.422. The van der Waals surface area contributed by atoms with Gasteiger partial charge in [-0.3, -0.25) is 4.79 Å². The van der Waals surface area contributed by atoms with Crippen LogP contribution in [0.15, 0.2) is 47.6 Å². The molecule has 2 aromatic carbocycles. The van der Waals surface area contributed by atoms with Gasteiger partial charge in [0.05, 0.1) is 6.21 Å². The van der Waals surface area contributed by atoms with Crippen molar-refractivity contribution < 1.29 is 9.53 Å². The van der Waals surface area contributed by atoms with Gasteiger partial charge in [0, 0.05) is 19.8 Å². The summed E-state index contributed by atoms with van der Waals surface area (Å²) in [4.78, 5) is 13.8. The maximum Gasteiger partial charge on any atom is 0.277 e. The largest absolute Gasteiger partial charge is 0.483 e. The van der Waals surface area contributed by atoms with Crippen LogP contribution in [-0.4, -0.2) is 32.8 Å². The van der Waals surface area contributed by atoms with Crippen LogP contribution in [0.5, 0.6) is 5.75 Å². The van der Waals surface area contributed by atoms with E-state index in [9.17, 15) is 4.79 Å². The second kappa shape index (κ2) is 8.15. The average Bonchev–Trinajstić information content (AvgIpc) is 2.56. The highest BCUT2D eigenvalue weighted by Gasteiger charge is 2.04. The highest BCUT2D eigenvalue weighted by Crippen LogP contribution is 2.18. The van der Waals surface area contributed by atoms with E-state index in [-0.39, 0.29) is 12.5 Å². The van der Waals surface area contributed by atoms with Crippen molar-refractivity contribution >= 4 is 17.8 Å². The van der Waals surface area contributed by atoms with Gasteiger partial charge in [-0.05, 0) is 48.7 Å². The summed E-state index contributed by atoms with van der Waals surface area (Å²) in [6.07, 6.45) is 1.61. The van der Waals surface area contributed by atoms with E-state index < -0.39 is 0 Å². The number of amides is 1. The molecule has 0 aromatic heterocycles. The standard InChI is InChI=1S/C19H23N3O2/c1-14-5-6-15(2)18(11-14)24-13-19(23)21-20-12-16-7-9-17(10-8-16)22(3)4/h5-12H,13H2,1-4H3,(H,21,23). The number of hydrazone groups is 1. The predicted molar refractivity (Wildman–Crippen MR) is 97.9 cm³/mol. The number of nitrogens with zero attached hydrogens (tertiary/aromatic N) is 2. The second-order valence-electron chi connectivity index (χ2n) is 5.84. The zero-order valence-corrected chi connectivity index (χ0v) is 14.5. The number of carbonyl (C=O) groups excluding carboxylic acids is 1. The molecule has 2 aromatic rings. The molecule has 2 rings (SSSR count). The molecule has 24 heavy (non-hydrogen) atoms. The predicted octanol–water partition coefficient (Wildman–Crippen LogP) is 2.90. The monoisotopic (exact) mass is 325 g/mol. The van der Waals surface area contributed by atoms with Gasteiger partial charge in [0.25, 0.3) is 5.91 Å². The fourth-order valence-corrected chi connectivity index (χ4v) is 2.08. The lowest BCUT2D eigenvalue weighted by Gasteiger charge is -2.11. The molecule has 0 unspecified atom stereocenters. The summed E-state index contributed by atoms with van der Waals surface area (Å²) in [6, 6.07) is 13.8. The minimum atomic E-state index is -0.294. The van der Waals surface area contributed by atoms with E-state index in [4.69, 9.17) is 4.74 Å². The van der Waals surface area contributed by atoms with Crippen LogP contribution in [-0.2, 0) is 4.79 Å². The number of carbonyl (C=O) groups is 1. The number of benzene rings is 2. The summed E-state index contributed by atoms with van der Waals surface area (Å²) in [7, 11) is 3.97. The Morgan fingerprint density at radius 2 is 1.88 bits per heavy atom. The molecule has 1 amide bonds. The van der Waals surface area contributed by atoms with Gasteiger partial charge in [-0.15, -0.1) is 0 Å². The lowest BCUT2D eigenvalue weighted by molar-refractivity contribution is -0.123. The van der Waals surface area contributed by atoms with E-state index in [0.717, 1.165) is 22.4 Å². The molecular weight excluding hydrogens is 302 g/mol. The van der Waals surface area contributed by atoms with Crippen LogP contribution >= 0.6 is 0 Å². The lowest BCUT2D eigenvalue weighted by atomic mass is 10.1. The van der Waals surface area contributed by atoms with Gasteiger partial charge in [-0.2, -0.15) is 5.10 Å². The third-order valence-corrected chi connectivity index (χ3v) is 3.51. The van der Waals surface area contributed by atoms with Gasteiger partial charge in [-0.25, -0.2) is 5.43 Å². The van der Waals surface area contributed by atoms with E-state index in [2.05, 4.69) is 10.5 Å². The Labute approximate surface area is 142 Å². The second-order valence-corrected chi connectivity index (χ2v) is 5.84. The molecular formula is C19H23N3O2. The quantitative estimate of drug-likeness (QED) is 0.656. The summed E-state index contributed by atoms with van der Waals surface area (Å²) in [6.45, 7) is 3.86. The van der Waals surface area contributed by atoms with Gasteiger partial charge >= 0.3 is 0 Å². The molecule has 0 aliphatic rings. The third-order valence-electron chi connectivity index (χ3n) is 3.51. The first-order valence-electron chi connectivity index (χ1n) is 7.75. The number of hydrogen-bond donors (Lipinski definition) is 1. The smallest absolute Gasteiger partial charge is 0.277 e. The number of hydrogen-bond acceptors (Lipinski definition) is 4. The van der Waals surface area contributed by atoms with E-state index in [1.54, 1.807) is 6.21 Å². The Balaban J connectivity index is 1.83.